The van der Waals surface area contributed by atoms with Gasteiger partial charge in [-0.05, 0) is 28.8 Å². The van der Waals surface area contributed by atoms with Crippen LogP contribution < -0.4 is 10.6 Å². The number of thioether (sulfide) groups is 1. The Morgan fingerprint density at radius 1 is 1.19 bits per heavy atom. The average Bonchev–Trinajstić information content (AvgIpc) is 3.28. The molecule has 1 aliphatic rings. The van der Waals surface area contributed by atoms with Crippen molar-refractivity contribution in [3.63, 3.8) is 0 Å². The Labute approximate surface area is 156 Å². The predicted molar refractivity (Wildman–Crippen MR) is 97.6 cm³/mol. The summed E-state index contributed by atoms with van der Waals surface area (Å²) in [5.74, 6) is 0.202. The molecule has 1 heterocycles. The molecule has 0 radical (unpaired) electrons. The van der Waals surface area contributed by atoms with E-state index in [2.05, 4.69) is 26.2 Å². The molecule has 1 aliphatic carbocycles. The molecule has 2 aromatic rings. The van der Waals surface area contributed by atoms with Crippen molar-refractivity contribution in [1.82, 2.24) is 30.8 Å². The van der Waals surface area contributed by atoms with Gasteiger partial charge in [0.25, 0.3) is 0 Å². The molecule has 3 rings (SSSR count). The Morgan fingerprint density at radius 2 is 1.96 bits per heavy atom. The first kappa shape index (κ1) is 18.4. The number of nitrogens with zero attached hydrogens (tertiary/aromatic N) is 4. The zero-order valence-electron chi connectivity index (χ0n) is 14.4. The normalized spacial score (nSPS) is 14.3. The molecule has 0 aliphatic heterocycles. The van der Waals surface area contributed by atoms with Crippen molar-refractivity contribution in [2.75, 3.05) is 5.75 Å². The van der Waals surface area contributed by atoms with Crippen molar-refractivity contribution in [1.29, 1.82) is 0 Å². The number of carbonyl (C=O) groups excluding carboxylic acids is 2. The van der Waals surface area contributed by atoms with E-state index in [0.717, 1.165) is 31.2 Å². The van der Waals surface area contributed by atoms with Crippen LogP contribution in [0.25, 0.3) is 0 Å². The summed E-state index contributed by atoms with van der Waals surface area (Å²) >= 11 is 1.40. The van der Waals surface area contributed by atoms with E-state index in [4.69, 9.17) is 0 Å². The maximum Gasteiger partial charge on any atom is 0.321 e. The molecule has 1 aromatic heterocycles. The van der Waals surface area contributed by atoms with E-state index in [0.29, 0.717) is 17.5 Å². The van der Waals surface area contributed by atoms with Crippen LogP contribution in [0.15, 0.2) is 35.5 Å². The number of nitrogens with one attached hydrogen (secondary N) is 2. The Balaban J connectivity index is 1.40. The lowest BCUT2D eigenvalue weighted by Crippen LogP contribution is -2.43. The Morgan fingerprint density at radius 3 is 2.73 bits per heavy atom. The minimum Gasteiger partial charge on any atom is -0.335 e. The van der Waals surface area contributed by atoms with E-state index in [-0.39, 0.29) is 18.4 Å². The lowest BCUT2D eigenvalue weighted by atomic mass is 10.2. The molecule has 2 N–H and O–H groups in total. The summed E-state index contributed by atoms with van der Waals surface area (Å²) in [6.07, 6.45) is 4.46. The van der Waals surface area contributed by atoms with E-state index in [1.165, 1.54) is 11.8 Å². The van der Waals surface area contributed by atoms with Gasteiger partial charge < -0.3 is 5.32 Å². The highest BCUT2D eigenvalue weighted by atomic mass is 32.2. The Hall–Kier alpha value is -2.42. The number of rotatable bonds is 7. The minimum absolute atomic E-state index is 0.194. The fourth-order valence-electron chi connectivity index (χ4n) is 2.87. The van der Waals surface area contributed by atoms with E-state index < -0.39 is 6.03 Å². The van der Waals surface area contributed by atoms with Crippen molar-refractivity contribution >= 4 is 23.7 Å². The third-order valence-corrected chi connectivity index (χ3v) is 5.14. The lowest BCUT2D eigenvalue weighted by Gasteiger charge is -2.12. The van der Waals surface area contributed by atoms with Crippen molar-refractivity contribution in [3.05, 3.63) is 35.9 Å². The van der Waals surface area contributed by atoms with Gasteiger partial charge >= 0.3 is 6.03 Å². The van der Waals surface area contributed by atoms with E-state index in [9.17, 15) is 9.59 Å². The fourth-order valence-corrected chi connectivity index (χ4v) is 3.69. The Kier molecular flexibility index (Phi) is 6.59. The average molecular weight is 374 g/mol. The molecule has 26 heavy (non-hydrogen) atoms. The number of urea groups is 1. The van der Waals surface area contributed by atoms with E-state index in [1.54, 1.807) is 4.68 Å². The number of imide groups is 1. The highest BCUT2D eigenvalue weighted by Crippen LogP contribution is 2.18. The number of aromatic nitrogens is 4. The second-order valence-electron chi connectivity index (χ2n) is 6.21. The molecule has 3 amide bonds. The van der Waals surface area contributed by atoms with Crippen molar-refractivity contribution < 1.29 is 9.59 Å². The molecule has 0 unspecified atom stereocenters. The summed E-state index contributed by atoms with van der Waals surface area (Å²) in [6.45, 7) is 0.576. The van der Waals surface area contributed by atoms with E-state index >= 15 is 0 Å². The van der Waals surface area contributed by atoms with Gasteiger partial charge in [-0.3, -0.25) is 10.1 Å². The van der Waals surface area contributed by atoms with Gasteiger partial charge in [0.05, 0.1) is 6.54 Å². The number of benzene rings is 1. The molecule has 0 atom stereocenters. The number of hydrogen-bond acceptors (Lipinski definition) is 6. The molecule has 1 saturated carbocycles. The summed E-state index contributed by atoms with van der Waals surface area (Å²) in [5, 5.41) is 17.5. The molecule has 0 saturated heterocycles. The summed E-state index contributed by atoms with van der Waals surface area (Å²) in [5.41, 5.74) is 1.10. The molecular weight excluding hydrogens is 352 g/mol. The second-order valence-corrected chi connectivity index (χ2v) is 7.27. The minimum atomic E-state index is -0.402. The zero-order chi connectivity index (χ0) is 18.2. The van der Waals surface area contributed by atoms with Crippen LogP contribution in [0.5, 0.6) is 0 Å². The van der Waals surface area contributed by atoms with Gasteiger partial charge in [-0.25, -0.2) is 9.48 Å². The van der Waals surface area contributed by atoms with Crippen LogP contribution in [-0.2, 0) is 11.3 Å². The zero-order valence-corrected chi connectivity index (χ0v) is 15.2. The van der Waals surface area contributed by atoms with Gasteiger partial charge in [0.15, 0.2) is 0 Å². The highest BCUT2D eigenvalue weighted by molar-refractivity contribution is 7.99. The van der Waals surface area contributed by atoms with Crippen molar-refractivity contribution in [2.45, 2.75) is 49.8 Å². The molecule has 1 aromatic carbocycles. The number of amides is 3. The first-order chi connectivity index (χ1) is 12.7. The summed E-state index contributed by atoms with van der Waals surface area (Å²) < 4.78 is 1.70. The van der Waals surface area contributed by atoms with Crippen molar-refractivity contribution in [2.24, 2.45) is 0 Å². The van der Waals surface area contributed by atoms with Gasteiger partial charge in [-0.1, -0.05) is 54.9 Å². The summed E-state index contributed by atoms with van der Waals surface area (Å²) in [4.78, 5) is 23.7. The van der Waals surface area contributed by atoms with Crippen LogP contribution in [0, 0.1) is 0 Å². The van der Waals surface area contributed by atoms with Gasteiger partial charge in [0.1, 0.15) is 0 Å². The maximum absolute atomic E-state index is 11.9. The molecule has 9 heteroatoms. The molecule has 0 bridgehead atoms. The van der Waals surface area contributed by atoms with Crippen LogP contribution in [0.3, 0.4) is 0 Å². The van der Waals surface area contributed by atoms with Crippen molar-refractivity contribution in [3.8, 4) is 0 Å². The third kappa shape index (κ3) is 5.55. The predicted octanol–water partition coefficient (Wildman–Crippen LogP) is 1.97. The summed E-state index contributed by atoms with van der Waals surface area (Å²) in [6, 6.07) is 9.70. The summed E-state index contributed by atoms with van der Waals surface area (Å²) in [7, 11) is 0. The Bertz CT molecular complexity index is 730. The fraction of sp³-hybridized carbons (Fsp3) is 0.471. The molecular formula is C17H22N6O2S. The third-order valence-electron chi connectivity index (χ3n) is 4.18. The van der Waals surface area contributed by atoms with Crippen LogP contribution >= 0.6 is 11.8 Å². The van der Waals surface area contributed by atoms with Gasteiger partial charge in [-0.2, -0.15) is 0 Å². The monoisotopic (exact) mass is 374 g/mol. The first-order valence-electron chi connectivity index (χ1n) is 8.74. The second kappa shape index (κ2) is 9.33. The van der Waals surface area contributed by atoms with Crippen LogP contribution in [-0.4, -0.2) is 43.9 Å². The highest BCUT2D eigenvalue weighted by Gasteiger charge is 2.18. The smallest absolute Gasteiger partial charge is 0.321 e. The topological polar surface area (TPSA) is 102 Å². The van der Waals surface area contributed by atoms with Crippen LogP contribution in [0.2, 0.25) is 0 Å². The standard InChI is InChI=1S/C17H22N6O2S/c24-15(19-16(25)18-14-8-4-5-9-14)10-11-26-17-20-21-22-23(17)12-13-6-2-1-3-7-13/h1-3,6-7,14H,4-5,8-12H2,(H2,18,19,24,25). The van der Waals surface area contributed by atoms with Crippen LogP contribution in [0.1, 0.15) is 37.7 Å². The lowest BCUT2D eigenvalue weighted by molar-refractivity contribution is -0.119. The first-order valence-corrected chi connectivity index (χ1v) is 9.72. The van der Waals surface area contributed by atoms with Crippen LogP contribution in [0.4, 0.5) is 4.79 Å². The largest absolute Gasteiger partial charge is 0.335 e. The molecule has 0 spiro atoms. The van der Waals surface area contributed by atoms with E-state index in [1.807, 2.05) is 30.3 Å². The van der Waals surface area contributed by atoms with Gasteiger partial charge in [-0.15, -0.1) is 5.10 Å². The number of carbonyl (C=O) groups is 2. The quantitative estimate of drug-likeness (QED) is 0.719. The number of tetrazole rings is 1. The maximum atomic E-state index is 11.9. The molecule has 138 valence electrons. The molecule has 1 fully saturated rings. The SMILES string of the molecule is O=C(CCSc1nnnn1Cc1ccccc1)NC(=O)NC1CCCC1. The van der Waals surface area contributed by atoms with Gasteiger partial charge in [0, 0.05) is 18.2 Å². The number of hydrogen-bond donors (Lipinski definition) is 2. The molecule has 8 nitrogen and oxygen atoms in total. The van der Waals surface area contributed by atoms with Gasteiger partial charge in [0.2, 0.25) is 11.1 Å².